The van der Waals surface area contributed by atoms with Gasteiger partial charge < -0.3 is 10.0 Å². The summed E-state index contributed by atoms with van der Waals surface area (Å²) in [5.41, 5.74) is 1.43. The molecule has 0 bridgehead atoms. The number of carbonyl (C=O) groups is 2. The summed E-state index contributed by atoms with van der Waals surface area (Å²) >= 11 is 0. The summed E-state index contributed by atoms with van der Waals surface area (Å²) in [6.07, 6.45) is 1.77. The lowest BCUT2D eigenvalue weighted by atomic mass is 10.0. The van der Waals surface area contributed by atoms with E-state index < -0.39 is 11.9 Å². The van der Waals surface area contributed by atoms with Crippen LogP contribution in [0.25, 0.3) is 0 Å². The van der Waals surface area contributed by atoms with Crippen LogP contribution in [0.15, 0.2) is 24.3 Å². The van der Waals surface area contributed by atoms with Gasteiger partial charge in [-0.2, -0.15) is 0 Å². The summed E-state index contributed by atoms with van der Waals surface area (Å²) in [5.74, 6) is -1.52. The first-order valence-corrected chi connectivity index (χ1v) is 7.37. The summed E-state index contributed by atoms with van der Waals surface area (Å²) in [4.78, 5) is 27.4. The SMILES string of the molecule is CCC(CC)N(C)C(=O)N1CC(C(=O)O)c2ccccc21. The number of carboxylic acid groups (broad SMARTS) is 1. The van der Waals surface area contributed by atoms with E-state index in [4.69, 9.17) is 0 Å². The van der Waals surface area contributed by atoms with Gasteiger partial charge in [-0.3, -0.25) is 9.69 Å². The lowest BCUT2D eigenvalue weighted by Crippen LogP contribution is -2.45. The van der Waals surface area contributed by atoms with E-state index >= 15 is 0 Å². The van der Waals surface area contributed by atoms with Crippen molar-refractivity contribution >= 4 is 17.7 Å². The van der Waals surface area contributed by atoms with Crippen LogP contribution in [-0.4, -0.2) is 41.6 Å². The number of aliphatic carboxylic acids is 1. The number of nitrogens with zero attached hydrogens (tertiary/aromatic N) is 2. The Hall–Kier alpha value is -2.04. The highest BCUT2D eigenvalue weighted by Crippen LogP contribution is 2.37. The van der Waals surface area contributed by atoms with Crippen molar-refractivity contribution in [1.82, 2.24) is 4.90 Å². The number of anilines is 1. The molecule has 2 amide bonds. The van der Waals surface area contributed by atoms with E-state index in [0.717, 1.165) is 18.4 Å². The molecule has 1 N–H and O–H groups in total. The fraction of sp³-hybridized carbons (Fsp3) is 0.500. The topological polar surface area (TPSA) is 60.9 Å². The van der Waals surface area contributed by atoms with Crippen LogP contribution >= 0.6 is 0 Å². The highest BCUT2D eigenvalue weighted by Gasteiger charge is 2.38. The molecule has 1 aliphatic rings. The maximum Gasteiger partial charge on any atom is 0.324 e. The first-order valence-electron chi connectivity index (χ1n) is 7.37. The van der Waals surface area contributed by atoms with E-state index in [1.165, 1.54) is 0 Å². The zero-order valence-corrected chi connectivity index (χ0v) is 12.7. The maximum atomic E-state index is 12.7. The number of hydrogen-bond donors (Lipinski definition) is 1. The van der Waals surface area contributed by atoms with Crippen LogP contribution in [0, 0.1) is 0 Å². The molecule has 0 saturated carbocycles. The van der Waals surface area contributed by atoms with Crippen LogP contribution in [-0.2, 0) is 4.79 Å². The molecule has 1 aliphatic heterocycles. The Bertz CT molecular complexity index is 540. The summed E-state index contributed by atoms with van der Waals surface area (Å²) < 4.78 is 0. The lowest BCUT2D eigenvalue weighted by Gasteiger charge is -2.31. The van der Waals surface area contributed by atoms with Gasteiger partial charge in [0.25, 0.3) is 0 Å². The van der Waals surface area contributed by atoms with Gasteiger partial charge in [0.2, 0.25) is 0 Å². The smallest absolute Gasteiger partial charge is 0.324 e. The average Bonchev–Trinajstić information content (AvgIpc) is 2.87. The largest absolute Gasteiger partial charge is 0.481 e. The molecular formula is C16H22N2O3. The Morgan fingerprint density at radius 3 is 2.52 bits per heavy atom. The van der Waals surface area contributed by atoms with Crippen LogP contribution in [0.3, 0.4) is 0 Å². The minimum absolute atomic E-state index is 0.125. The van der Waals surface area contributed by atoms with Gasteiger partial charge in [0.05, 0.1) is 0 Å². The molecule has 1 unspecified atom stereocenters. The quantitative estimate of drug-likeness (QED) is 0.927. The summed E-state index contributed by atoms with van der Waals surface area (Å²) in [6.45, 7) is 4.31. The lowest BCUT2D eigenvalue weighted by molar-refractivity contribution is -0.138. The van der Waals surface area contributed by atoms with Gasteiger partial charge >= 0.3 is 12.0 Å². The minimum Gasteiger partial charge on any atom is -0.481 e. The Morgan fingerprint density at radius 2 is 1.95 bits per heavy atom. The van der Waals surface area contributed by atoms with E-state index in [1.54, 1.807) is 22.9 Å². The fourth-order valence-corrected chi connectivity index (χ4v) is 2.98. The Labute approximate surface area is 125 Å². The summed E-state index contributed by atoms with van der Waals surface area (Å²) in [7, 11) is 1.79. The number of fused-ring (bicyclic) bond motifs is 1. The summed E-state index contributed by atoms with van der Waals surface area (Å²) in [6, 6.07) is 7.30. The fourth-order valence-electron chi connectivity index (χ4n) is 2.98. The van der Waals surface area contributed by atoms with Crippen LogP contribution in [0.5, 0.6) is 0 Å². The molecule has 1 aromatic carbocycles. The van der Waals surface area contributed by atoms with E-state index in [-0.39, 0.29) is 18.6 Å². The molecule has 21 heavy (non-hydrogen) atoms. The number of hydrogen-bond acceptors (Lipinski definition) is 2. The van der Waals surface area contributed by atoms with Crippen molar-refractivity contribution < 1.29 is 14.7 Å². The molecule has 2 rings (SSSR count). The van der Waals surface area contributed by atoms with Crippen molar-refractivity contribution in [3.63, 3.8) is 0 Å². The molecule has 1 heterocycles. The van der Waals surface area contributed by atoms with Gasteiger partial charge in [-0.15, -0.1) is 0 Å². The van der Waals surface area contributed by atoms with Crippen molar-refractivity contribution in [3.8, 4) is 0 Å². The molecular weight excluding hydrogens is 268 g/mol. The van der Waals surface area contributed by atoms with Crippen molar-refractivity contribution in [1.29, 1.82) is 0 Å². The second kappa shape index (κ2) is 6.16. The number of carbonyl (C=O) groups excluding carboxylic acids is 1. The molecule has 0 fully saturated rings. The zero-order chi connectivity index (χ0) is 15.6. The molecule has 114 valence electrons. The second-order valence-corrected chi connectivity index (χ2v) is 5.42. The predicted octanol–water partition coefficient (Wildman–Crippen LogP) is 2.92. The standard InChI is InChI=1S/C16H22N2O3/c1-4-11(5-2)17(3)16(21)18-10-13(15(19)20)12-8-6-7-9-14(12)18/h6-9,11,13H,4-5,10H2,1-3H3,(H,19,20). The average molecular weight is 290 g/mol. The maximum absolute atomic E-state index is 12.7. The van der Waals surface area contributed by atoms with Gasteiger partial charge in [0, 0.05) is 25.3 Å². The molecule has 0 aromatic heterocycles. The summed E-state index contributed by atoms with van der Waals surface area (Å²) in [5, 5.41) is 9.35. The van der Waals surface area contributed by atoms with E-state index in [2.05, 4.69) is 13.8 Å². The number of amides is 2. The van der Waals surface area contributed by atoms with Gasteiger partial charge in [0.1, 0.15) is 5.92 Å². The van der Waals surface area contributed by atoms with E-state index in [1.807, 2.05) is 18.2 Å². The van der Waals surface area contributed by atoms with Gasteiger partial charge in [-0.05, 0) is 24.5 Å². The van der Waals surface area contributed by atoms with Gasteiger partial charge in [-0.25, -0.2) is 4.79 Å². The normalized spacial score (nSPS) is 17.0. The third kappa shape index (κ3) is 2.73. The number of rotatable bonds is 4. The Balaban J connectivity index is 2.29. The number of benzene rings is 1. The molecule has 0 spiro atoms. The van der Waals surface area contributed by atoms with Crippen LogP contribution in [0.4, 0.5) is 10.5 Å². The highest BCUT2D eigenvalue weighted by atomic mass is 16.4. The number of carboxylic acids is 1. The number of urea groups is 1. The van der Waals surface area contributed by atoms with Gasteiger partial charge in [-0.1, -0.05) is 32.0 Å². The van der Waals surface area contributed by atoms with Crippen LogP contribution in [0.1, 0.15) is 38.2 Å². The molecule has 0 saturated heterocycles. The molecule has 0 radical (unpaired) electrons. The molecule has 5 heteroatoms. The monoisotopic (exact) mass is 290 g/mol. The Kier molecular flexibility index (Phi) is 4.50. The Morgan fingerprint density at radius 1 is 1.33 bits per heavy atom. The van der Waals surface area contributed by atoms with E-state index in [9.17, 15) is 14.7 Å². The molecule has 0 aliphatic carbocycles. The van der Waals surface area contributed by atoms with Crippen molar-refractivity contribution in [2.75, 3.05) is 18.5 Å². The first kappa shape index (κ1) is 15.4. The second-order valence-electron chi connectivity index (χ2n) is 5.42. The zero-order valence-electron chi connectivity index (χ0n) is 12.7. The van der Waals surface area contributed by atoms with Crippen molar-refractivity contribution in [3.05, 3.63) is 29.8 Å². The first-order chi connectivity index (χ1) is 10.0. The van der Waals surface area contributed by atoms with Crippen molar-refractivity contribution in [2.45, 2.75) is 38.6 Å². The van der Waals surface area contributed by atoms with Gasteiger partial charge in [0.15, 0.2) is 0 Å². The molecule has 5 nitrogen and oxygen atoms in total. The predicted molar refractivity (Wildman–Crippen MR) is 81.7 cm³/mol. The molecule has 1 atom stereocenters. The van der Waals surface area contributed by atoms with Crippen LogP contribution < -0.4 is 4.90 Å². The highest BCUT2D eigenvalue weighted by molar-refractivity contribution is 5.98. The molecule has 1 aromatic rings. The third-order valence-electron chi connectivity index (χ3n) is 4.29. The number of para-hydroxylation sites is 1. The van der Waals surface area contributed by atoms with Crippen molar-refractivity contribution in [2.24, 2.45) is 0 Å². The van der Waals surface area contributed by atoms with Crippen LogP contribution in [0.2, 0.25) is 0 Å². The third-order valence-corrected chi connectivity index (χ3v) is 4.29. The minimum atomic E-state index is -0.886. The van der Waals surface area contributed by atoms with E-state index in [0.29, 0.717) is 5.69 Å².